The molecule has 0 radical (unpaired) electrons. The summed E-state index contributed by atoms with van der Waals surface area (Å²) < 4.78 is 5.43. The van der Waals surface area contributed by atoms with Crippen molar-refractivity contribution >= 4 is 5.91 Å². The molecule has 1 aliphatic heterocycles. The summed E-state index contributed by atoms with van der Waals surface area (Å²) in [5.74, 6) is -0.138. The van der Waals surface area contributed by atoms with E-state index in [1.165, 1.54) is 6.92 Å². The summed E-state index contributed by atoms with van der Waals surface area (Å²) in [6.45, 7) is 1.90. The van der Waals surface area contributed by atoms with E-state index >= 15 is 0 Å². The highest BCUT2D eigenvalue weighted by Crippen LogP contribution is 2.15. The Morgan fingerprint density at radius 1 is 1.56 bits per heavy atom. The van der Waals surface area contributed by atoms with Crippen LogP contribution in [-0.4, -0.2) is 47.6 Å². The molecule has 0 aromatic carbocycles. The predicted molar refractivity (Wildman–Crippen MR) is 58.9 cm³/mol. The Morgan fingerprint density at radius 2 is 2.31 bits per heavy atom. The largest absolute Gasteiger partial charge is 0.393 e. The van der Waals surface area contributed by atoms with Gasteiger partial charge in [-0.1, -0.05) is 0 Å². The van der Waals surface area contributed by atoms with Crippen LogP contribution >= 0.6 is 0 Å². The van der Waals surface area contributed by atoms with Crippen LogP contribution in [-0.2, 0) is 9.53 Å². The number of carbonyl (C=O) groups is 1. The fourth-order valence-corrected chi connectivity index (χ4v) is 1.59. The minimum absolute atomic E-state index is 0.00725. The third-order valence-electron chi connectivity index (χ3n) is 2.69. The summed E-state index contributed by atoms with van der Waals surface area (Å²) >= 11 is 0. The molecule has 0 aliphatic carbocycles. The maximum absolute atomic E-state index is 11.5. The fourth-order valence-electron chi connectivity index (χ4n) is 1.59. The Kier molecular flexibility index (Phi) is 5.18. The number of rotatable bonds is 5. The van der Waals surface area contributed by atoms with E-state index < -0.39 is 5.60 Å². The standard InChI is InChI=1S/C11H21NO4/c1-11(15,8-13)7-12-10(14)6-9-4-2-3-5-16-9/h9,13,15H,2-8H2,1H3,(H,12,14). The van der Waals surface area contributed by atoms with Crippen LogP contribution in [0.2, 0.25) is 0 Å². The average Bonchev–Trinajstić information content (AvgIpc) is 2.28. The molecular weight excluding hydrogens is 210 g/mol. The zero-order valence-electron chi connectivity index (χ0n) is 9.74. The summed E-state index contributed by atoms with van der Waals surface area (Å²) in [4.78, 5) is 11.5. The average molecular weight is 231 g/mol. The van der Waals surface area contributed by atoms with Gasteiger partial charge in [-0.05, 0) is 26.2 Å². The molecule has 0 bridgehead atoms. The van der Waals surface area contributed by atoms with Gasteiger partial charge in [0, 0.05) is 13.2 Å². The normalized spacial score (nSPS) is 24.8. The van der Waals surface area contributed by atoms with Gasteiger partial charge in [0.2, 0.25) is 5.91 Å². The Hall–Kier alpha value is -0.650. The van der Waals surface area contributed by atoms with E-state index in [0.29, 0.717) is 6.42 Å². The Morgan fingerprint density at radius 3 is 2.88 bits per heavy atom. The molecule has 3 N–H and O–H groups in total. The van der Waals surface area contributed by atoms with Gasteiger partial charge in [0.25, 0.3) is 0 Å². The van der Waals surface area contributed by atoms with Crippen LogP contribution in [0.4, 0.5) is 0 Å². The van der Waals surface area contributed by atoms with Crippen LogP contribution in [0.3, 0.4) is 0 Å². The molecule has 5 heteroatoms. The molecule has 94 valence electrons. The highest BCUT2D eigenvalue weighted by atomic mass is 16.5. The Bertz CT molecular complexity index is 224. The molecule has 0 saturated carbocycles. The highest BCUT2D eigenvalue weighted by molar-refractivity contribution is 5.76. The van der Waals surface area contributed by atoms with Crippen molar-refractivity contribution in [1.29, 1.82) is 0 Å². The molecule has 1 saturated heterocycles. The van der Waals surface area contributed by atoms with Crippen molar-refractivity contribution in [3.05, 3.63) is 0 Å². The van der Waals surface area contributed by atoms with E-state index in [1.54, 1.807) is 0 Å². The first-order valence-electron chi connectivity index (χ1n) is 5.75. The first-order chi connectivity index (χ1) is 7.53. The Balaban J connectivity index is 2.19. The number of hydrogen-bond donors (Lipinski definition) is 3. The van der Waals surface area contributed by atoms with Crippen LogP contribution in [0.15, 0.2) is 0 Å². The van der Waals surface area contributed by atoms with Crippen molar-refractivity contribution < 1.29 is 19.7 Å². The number of amides is 1. The third kappa shape index (κ3) is 4.92. The molecule has 1 amide bonds. The first-order valence-corrected chi connectivity index (χ1v) is 5.75. The van der Waals surface area contributed by atoms with Gasteiger partial charge in [-0.25, -0.2) is 0 Å². The van der Waals surface area contributed by atoms with Crippen LogP contribution in [0, 0.1) is 0 Å². The van der Waals surface area contributed by atoms with Gasteiger partial charge < -0.3 is 20.3 Å². The number of nitrogens with one attached hydrogen (secondary N) is 1. The maximum atomic E-state index is 11.5. The lowest BCUT2D eigenvalue weighted by Gasteiger charge is -2.24. The summed E-state index contributed by atoms with van der Waals surface area (Å²) in [5.41, 5.74) is -1.25. The van der Waals surface area contributed by atoms with E-state index in [1.807, 2.05) is 0 Å². The van der Waals surface area contributed by atoms with Gasteiger partial charge >= 0.3 is 0 Å². The van der Waals surface area contributed by atoms with Crippen molar-refractivity contribution in [2.45, 2.75) is 44.3 Å². The van der Waals surface area contributed by atoms with Gasteiger partial charge in [-0.3, -0.25) is 4.79 Å². The molecule has 1 rings (SSSR count). The number of aliphatic hydroxyl groups excluding tert-OH is 1. The van der Waals surface area contributed by atoms with E-state index in [0.717, 1.165) is 25.9 Å². The molecule has 0 aromatic rings. The minimum Gasteiger partial charge on any atom is -0.393 e. The van der Waals surface area contributed by atoms with Crippen molar-refractivity contribution in [3.63, 3.8) is 0 Å². The van der Waals surface area contributed by atoms with Crippen LogP contribution in [0.5, 0.6) is 0 Å². The monoisotopic (exact) mass is 231 g/mol. The second-order valence-electron chi connectivity index (χ2n) is 4.62. The van der Waals surface area contributed by atoms with Crippen LogP contribution < -0.4 is 5.32 Å². The number of carbonyl (C=O) groups excluding carboxylic acids is 1. The lowest BCUT2D eigenvalue weighted by Crippen LogP contribution is -2.44. The second-order valence-corrected chi connectivity index (χ2v) is 4.62. The highest BCUT2D eigenvalue weighted by Gasteiger charge is 2.22. The molecule has 0 spiro atoms. The molecule has 0 aromatic heterocycles. The molecule has 5 nitrogen and oxygen atoms in total. The molecule has 1 heterocycles. The van der Waals surface area contributed by atoms with Crippen molar-refractivity contribution in [2.24, 2.45) is 0 Å². The number of ether oxygens (including phenoxy) is 1. The quantitative estimate of drug-likeness (QED) is 0.612. The predicted octanol–water partition coefficient (Wildman–Crippen LogP) is -0.195. The third-order valence-corrected chi connectivity index (χ3v) is 2.69. The molecule has 2 atom stereocenters. The summed E-state index contributed by atoms with van der Waals surface area (Å²) in [6, 6.07) is 0. The molecule has 1 fully saturated rings. The second kappa shape index (κ2) is 6.18. The molecule has 1 aliphatic rings. The van der Waals surface area contributed by atoms with Crippen LogP contribution in [0.1, 0.15) is 32.6 Å². The van der Waals surface area contributed by atoms with Gasteiger partial charge in [-0.2, -0.15) is 0 Å². The topological polar surface area (TPSA) is 78.8 Å². The van der Waals surface area contributed by atoms with Gasteiger partial charge in [0.1, 0.15) is 5.60 Å². The van der Waals surface area contributed by atoms with Crippen molar-refractivity contribution in [1.82, 2.24) is 5.32 Å². The fraction of sp³-hybridized carbons (Fsp3) is 0.909. The summed E-state index contributed by atoms with van der Waals surface area (Å²) in [5, 5.41) is 20.9. The number of hydrogen-bond acceptors (Lipinski definition) is 4. The molecular formula is C11H21NO4. The van der Waals surface area contributed by atoms with E-state index in [-0.39, 0.29) is 25.2 Å². The van der Waals surface area contributed by atoms with E-state index in [9.17, 15) is 9.90 Å². The van der Waals surface area contributed by atoms with Gasteiger partial charge in [0.15, 0.2) is 0 Å². The SMILES string of the molecule is CC(O)(CO)CNC(=O)CC1CCCCO1. The van der Waals surface area contributed by atoms with Gasteiger partial charge in [0.05, 0.1) is 19.1 Å². The Labute approximate surface area is 95.8 Å². The van der Waals surface area contributed by atoms with Crippen molar-refractivity contribution in [2.75, 3.05) is 19.8 Å². The zero-order chi connectivity index (χ0) is 12.0. The smallest absolute Gasteiger partial charge is 0.222 e. The van der Waals surface area contributed by atoms with Crippen molar-refractivity contribution in [3.8, 4) is 0 Å². The lowest BCUT2D eigenvalue weighted by molar-refractivity contribution is -0.126. The van der Waals surface area contributed by atoms with E-state index in [2.05, 4.69) is 5.32 Å². The van der Waals surface area contributed by atoms with Gasteiger partial charge in [-0.15, -0.1) is 0 Å². The summed E-state index contributed by atoms with van der Waals surface area (Å²) in [6.07, 6.45) is 3.43. The summed E-state index contributed by atoms with van der Waals surface area (Å²) in [7, 11) is 0. The van der Waals surface area contributed by atoms with Crippen LogP contribution in [0.25, 0.3) is 0 Å². The first kappa shape index (κ1) is 13.4. The zero-order valence-corrected chi connectivity index (χ0v) is 9.74. The maximum Gasteiger partial charge on any atom is 0.222 e. The molecule has 16 heavy (non-hydrogen) atoms. The minimum atomic E-state index is -1.25. The molecule has 2 unspecified atom stereocenters. The number of aliphatic hydroxyl groups is 2. The van der Waals surface area contributed by atoms with E-state index in [4.69, 9.17) is 9.84 Å². The lowest BCUT2D eigenvalue weighted by atomic mass is 10.1.